The predicted octanol–water partition coefficient (Wildman–Crippen LogP) is 1.42. The molecule has 0 saturated heterocycles. The smallest absolute Gasteiger partial charge is 0.270 e. The number of nitrogens with one attached hydrogen (secondary N) is 1. The molecule has 0 radical (unpaired) electrons. The fourth-order valence-electron chi connectivity index (χ4n) is 1.43. The number of nitrogens with zero attached hydrogens (tertiary/aromatic N) is 2. The first-order valence-electron chi connectivity index (χ1n) is 5.48. The summed E-state index contributed by atoms with van der Waals surface area (Å²) in [6.45, 7) is 0.422. The van der Waals surface area contributed by atoms with E-state index in [0.717, 1.165) is 5.56 Å². The van der Waals surface area contributed by atoms with Gasteiger partial charge in [0.2, 0.25) is 5.88 Å². The first-order chi connectivity index (χ1) is 8.79. The summed E-state index contributed by atoms with van der Waals surface area (Å²) in [5, 5.41) is 2.77. The fraction of sp³-hybridized carbons (Fsp3) is 0.154. The molecular formula is C13H13N3O2. The standard InChI is InChI=1S/C13H13N3O2/c1-18-12-6-2-5-11(16-12)13(17)15-9-10-4-3-7-14-8-10/h2-8H,9H2,1H3,(H,15,17). The molecule has 2 heterocycles. The minimum absolute atomic E-state index is 0.238. The number of hydrogen-bond acceptors (Lipinski definition) is 4. The van der Waals surface area contributed by atoms with Gasteiger partial charge in [-0.3, -0.25) is 9.78 Å². The molecule has 0 aromatic carbocycles. The van der Waals surface area contributed by atoms with Crippen LogP contribution in [0.25, 0.3) is 0 Å². The van der Waals surface area contributed by atoms with Crippen molar-refractivity contribution in [2.45, 2.75) is 6.54 Å². The molecule has 0 atom stereocenters. The van der Waals surface area contributed by atoms with Gasteiger partial charge >= 0.3 is 0 Å². The highest BCUT2D eigenvalue weighted by Gasteiger charge is 2.07. The zero-order valence-electron chi connectivity index (χ0n) is 9.96. The summed E-state index contributed by atoms with van der Waals surface area (Å²) in [7, 11) is 1.51. The highest BCUT2D eigenvalue weighted by molar-refractivity contribution is 5.92. The van der Waals surface area contributed by atoms with Crippen LogP contribution in [0.4, 0.5) is 0 Å². The molecule has 18 heavy (non-hydrogen) atoms. The van der Waals surface area contributed by atoms with E-state index < -0.39 is 0 Å². The van der Waals surface area contributed by atoms with Crippen molar-refractivity contribution in [3.05, 3.63) is 54.0 Å². The monoisotopic (exact) mass is 243 g/mol. The van der Waals surface area contributed by atoms with Crippen LogP contribution >= 0.6 is 0 Å². The molecule has 1 N–H and O–H groups in total. The van der Waals surface area contributed by atoms with Crippen LogP contribution in [0.3, 0.4) is 0 Å². The molecule has 0 fully saturated rings. The molecule has 1 amide bonds. The van der Waals surface area contributed by atoms with Crippen LogP contribution in [-0.2, 0) is 6.54 Å². The number of pyridine rings is 2. The minimum atomic E-state index is -0.238. The van der Waals surface area contributed by atoms with Gasteiger partial charge in [0.15, 0.2) is 0 Å². The van der Waals surface area contributed by atoms with Crippen molar-refractivity contribution in [3.63, 3.8) is 0 Å². The van der Waals surface area contributed by atoms with E-state index in [0.29, 0.717) is 18.1 Å². The summed E-state index contributed by atoms with van der Waals surface area (Å²) in [6.07, 6.45) is 3.40. The van der Waals surface area contributed by atoms with Crippen molar-refractivity contribution in [1.29, 1.82) is 0 Å². The van der Waals surface area contributed by atoms with Gasteiger partial charge in [0, 0.05) is 25.0 Å². The topological polar surface area (TPSA) is 64.1 Å². The third-order valence-corrected chi connectivity index (χ3v) is 2.34. The van der Waals surface area contributed by atoms with E-state index in [4.69, 9.17) is 4.74 Å². The number of aromatic nitrogens is 2. The second kappa shape index (κ2) is 5.77. The molecule has 2 rings (SSSR count). The van der Waals surface area contributed by atoms with Gasteiger partial charge in [0.1, 0.15) is 5.69 Å². The highest BCUT2D eigenvalue weighted by atomic mass is 16.5. The van der Waals surface area contributed by atoms with Crippen LogP contribution in [0, 0.1) is 0 Å². The molecule has 0 bridgehead atoms. The maximum Gasteiger partial charge on any atom is 0.270 e. The molecule has 0 aliphatic rings. The summed E-state index contributed by atoms with van der Waals surface area (Å²) in [5.74, 6) is 0.182. The lowest BCUT2D eigenvalue weighted by Crippen LogP contribution is -2.23. The lowest BCUT2D eigenvalue weighted by Gasteiger charge is -2.05. The average Bonchev–Trinajstić information content (AvgIpc) is 2.46. The second-order valence-electron chi connectivity index (χ2n) is 3.61. The molecule has 0 aliphatic heterocycles. The van der Waals surface area contributed by atoms with Gasteiger partial charge in [-0.2, -0.15) is 0 Å². The third kappa shape index (κ3) is 3.04. The highest BCUT2D eigenvalue weighted by Crippen LogP contribution is 2.06. The Hall–Kier alpha value is -2.43. The van der Waals surface area contributed by atoms with Gasteiger partial charge < -0.3 is 10.1 Å². The summed E-state index contributed by atoms with van der Waals surface area (Å²) in [6, 6.07) is 8.78. The Kier molecular flexibility index (Phi) is 3.86. The first kappa shape index (κ1) is 12.0. The summed E-state index contributed by atoms with van der Waals surface area (Å²) in [5.41, 5.74) is 1.27. The maximum absolute atomic E-state index is 11.8. The van der Waals surface area contributed by atoms with Crippen LogP contribution in [0.1, 0.15) is 16.1 Å². The van der Waals surface area contributed by atoms with Crippen molar-refractivity contribution in [1.82, 2.24) is 15.3 Å². The second-order valence-corrected chi connectivity index (χ2v) is 3.61. The van der Waals surface area contributed by atoms with Crippen LogP contribution in [0.5, 0.6) is 5.88 Å². The lowest BCUT2D eigenvalue weighted by molar-refractivity contribution is 0.0945. The van der Waals surface area contributed by atoms with E-state index in [1.54, 1.807) is 30.6 Å². The molecule has 0 spiro atoms. The predicted molar refractivity (Wildman–Crippen MR) is 66.2 cm³/mol. The van der Waals surface area contributed by atoms with Gasteiger partial charge in [-0.05, 0) is 17.7 Å². The van der Waals surface area contributed by atoms with Crippen molar-refractivity contribution < 1.29 is 9.53 Å². The van der Waals surface area contributed by atoms with Crippen LogP contribution in [0.15, 0.2) is 42.7 Å². The zero-order valence-corrected chi connectivity index (χ0v) is 9.96. The number of carbonyl (C=O) groups is 1. The number of amides is 1. The maximum atomic E-state index is 11.8. The van der Waals surface area contributed by atoms with E-state index in [9.17, 15) is 4.79 Å². The van der Waals surface area contributed by atoms with Crippen molar-refractivity contribution in [3.8, 4) is 5.88 Å². The molecular weight excluding hydrogens is 230 g/mol. The molecule has 92 valence electrons. The molecule has 5 heteroatoms. The van der Waals surface area contributed by atoms with Crippen LogP contribution in [-0.4, -0.2) is 23.0 Å². The average molecular weight is 243 g/mol. The number of rotatable bonds is 4. The van der Waals surface area contributed by atoms with Crippen molar-refractivity contribution in [2.24, 2.45) is 0 Å². The summed E-state index contributed by atoms with van der Waals surface area (Å²) < 4.78 is 4.97. The molecule has 0 unspecified atom stereocenters. The molecule has 2 aromatic rings. The summed E-state index contributed by atoms with van der Waals surface area (Å²) >= 11 is 0. The number of hydrogen-bond donors (Lipinski definition) is 1. The molecule has 0 aliphatic carbocycles. The van der Waals surface area contributed by atoms with Crippen LogP contribution < -0.4 is 10.1 Å². The number of carbonyl (C=O) groups excluding carboxylic acids is 1. The Morgan fingerprint density at radius 1 is 1.33 bits per heavy atom. The van der Waals surface area contributed by atoms with E-state index in [2.05, 4.69) is 15.3 Å². The van der Waals surface area contributed by atoms with Gasteiger partial charge in [0.05, 0.1) is 7.11 Å². The van der Waals surface area contributed by atoms with E-state index >= 15 is 0 Å². The van der Waals surface area contributed by atoms with Gasteiger partial charge in [0.25, 0.3) is 5.91 Å². The Morgan fingerprint density at radius 3 is 2.94 bits per heavy atom. The fourth-order valence-corrected chi connectivity index (χ4v) is 1.43. The third-order valence-electron chi connectivity index (χ3n) is 2.34. The molecule has 5 nitrogen and oxygen atoms in total. The Labute approximate surface area is 105 Å². The van der Waals surface area contributed by atoms with Gasteiger partial charge in [-0.25, -0.2) is 4.98 Å². The number of ether oxygens (including phenoxy) is 1. The normalized spacial score (nSPS) is 9.83. The summed E-state index contributed by atoms with van der Waals surface area (Å²) in [4.78, 5) is 19.9. The Bertz CT molecular complexity index is 529. The minimum Gasteiger partial charge on any atom is -0.481 e. The van der Waals surface area contributed by atoms with E-state index in [-0.39, 0.29) is 5.91 Å². The van der Waals surface area contributed by atoms with Crippen molar-refractivity contribution in [2.75, 3.05) is 7.11 Å². The van der Waals surface area contributed by atoms with Crippen LogP contribution in [0.2, 0.25) is 0 Å². The quantitative estimate of drug-likeness (QED) is 0.882. The Morgan fingerprint density at radius 2 is 2.22 bits per heavy atom. The lowest BCUT2D eigenvalue weighted by atomic mass is 10.2. The van der Waals surface area contributed by atoms with E-state index in [1.807, 2.05) is 12.1 Å². The number of methoxy groups -OCH3 is 1. The molecule has 2 aromatic heterocycles. The zero-order chi connectivity index (χ0) is 12.8. The molecule has 0 saturated carbocycles. The first-order valence-corrected chi connectivity index (χ1v) is 5.48. The van der Waals surface area contributed by atoms with Crippen molar-refractivity contribution >= 4 is 5.91 Å². The largest absolute Gasteiger partial charge is 0.481 e. The SMILES string of the molecule is COc1cccc(C(=O)NCc2cccnc2)n1. The van der Waals surface area contributed by atoms with Gasteiger partial charge in [-0.1, -0.05) is 12.1 Å². The van der Waals surface area contributed by atoms with E-state index in [1.165, 1.54) is 7.11 Å². The Balaban J connectivity index is 1.99. The van der Waals surface area contributed by atoms with Gasteiger partial charge in [-0.15, -0.1) is 0 Å².